The molecule has 1 amide bonds. The van der Waals surface area contributed by atoms with E-state index in [2.05, 4.69) is 24.4 Å². The number of amides is 1. The lowest BCUT2D eigenvalue weighted by Crippen LogP contribution is -2.31. The third-order valence-electron chi connectivity index (χ3n) is 3.01. The molecule has 0 aromatic heterocycles. The molecule has 0 aliphatic carbocycles. The van der Waals surface area contributed by atoms with Crippen molar-refractivity contribution in [2.24, 2.45) is 0 Å². The Morgan fingerprint density at radius 2 is 1.80 bits per heavy atom. The van der Waals surface area contributed by atoms with Crippen molar-refractivity contribution >= 4 is 11.5 Å². The Balaban J connectivity index is 2.68. The van der Waals surface area contributed by atoms with Gasteiger partial charge in [-0.25, -0.2) is 0 Å². The van der Waals surface area contributed by atoms with Crippen LogP contribution in [-0.4, -0.2) is 12.5 Å². The van der Waals surface area contributed by atoms with Crippen LogP contribution in [0.3, 0.4) is 0 Å². The molecule has 1 aromatic rings. The Bertz CT molecular complexity index is 458. The van der Waals surface area contributed by atoms with E-state index >= 15 is 0 Å². The van der Waals surface area contributed by atoms with E-state index < -0.39 is 0 Å². The zero-order valence-corrected chi connectivity index (χ0v) is 9.35. The van der Waals surface area contributed by atoms with E-state index in [1.165, 1.54) is 16.7 Å². The summed E-state index contributed by atoms with van der Waals surface area (Å²) in [5.41, 5.74) is 5.50. The first kappa shape index (κ1) is 9.97. The summed E-state index contributed by atoms with van der Waals surface area (Å²) in [6, 6.07) is 4.08. The molecule has 1 aliphatic heterocycles. The minimum atomic E-state index is 0.0405. The van der Waals surface area contributed by atoms with Crippen LogP contribution in [0.15, 0.2) is 18.2 Å². The molecule has 2 rings (SSSR count). The molecule has 0 fully saturated rings. The van der Waals surface area contributed by atoms with Crippen molar-refractivity contribution in [3.63, 3.8) is 0 Å². The summed E-state index contributed by atoms with van der Waals surface area (Å²) in [5, 5.41) is 2.88. The van der Waals surface area contributed by atoms with Crippen LogP contribution in [0.1, 0.15) is 34.0 Å². The van der Waals surface area contributed by atoms with Gasteiger partial charge < -0.3 is 5.32 Å². The molecular weight excluding hydrogens is 186 g/mol. The lowest BCUT2D eigenvalue weighted by molar-refractivity contribution is 0.0955. The van der Waals surface area contributed by atoms with Crippen LogP contribution in [0.2, 0.25) is 0 Å². The van der Waals surface area contributed by atoms with Crippen molar-refractivity contribution in [3.8, 4) is 0 Å². The molecule has 15 heavy (non-hydrogen) atoms. The van der Waals surface area contributed by atoms with Crippen LogP contribution in [0.5, 0.6) is 0 Å². The molecule has 0 bridgehead atoms. The smallest absolute Gasteiger partial charge is 0.252 e. The molecule has 1 heterocycles. The van der Waals surface area contributed by atoms with Crippen molar-refractivity contribution in [1.29, 1.82) is 0 Å². The number of allylic oxidation sites excluding steroid dienone is 1. The molecule has 78 valence electrons. The standard InChI is InChI=1S/C13H15NO/c1-4-10-7-14-13(15)12-6-9(3)8(2)5-11(10)12/h4-6H,7H2,1-3H3,(H,14,15)/b10-4+. The van der Waals surface area contributed by atoms with Crippen LogP contribution in [0.4, 0.5) is 0 Å². The fourth-order valence-electron chi connectivity index (χ4n) is 1.89. The topological polar surface area (TPSA) is 29.1 Å². The highest BCUT2D eigenvalue weighted by molar-refractivity contribution is 6.03. The second-order valence-corrected chi connectivity index (χ2v) is 3.98. The number of carbonyl (C=O) groups excluding carboxylic acids is 1. The van der Waals surface area contributed by atoms with Gasteiger partial charge in [0.05, 0.1) is 0 Å². The number of aryl methyl sites for hydroxylation is 2. The summed E-state index contributed by atoms with van der Waals surface area (Å²) >= 11 is 0. The van der Waals surface area contributed by atoms with Gasteiger partial charge in [0, 0.05) is 12.1 Å². The molecule has 1 aliphatic rings. The maximum Gasteiger partial charge on any atom is 0.252 e. The fraction of sp³-hybridized carbons (Fsp3) is 0.308. The van der Waals surface area contributed by atoms with Gasteiger partial charge in [-0.1, -0.05) is 12.1 Å². The predicted octanol–water partition coefficient (Wildman–Crippen LogP) is 2.45. The molecule has 0 saturated heterocycles. The molecule has 1 N–H and O–H groups in total. The average molecular weight is 201 g/mol. The Kier molecular flexibility index (Phi) is 2.35. The first-order valence-corrected chi connectivity index (χ1v) is 5.18. The van der Waals surface area contributed by atoms with Gasteiger partial charge in [-0.05, 0) is 49.1 Å². The molecular formula is C13H15NO. The van der Waals surface area contributed by atoms with Crippen LogP contribution in [0, 0.1) is 13.8 Å². The fourth-order valence-corrected chi connectivity index (χ4v) is 1.89. The minimum absolute atomic E-state index is 0.0405. The third-order valence-corrected chi connectivity index (χ3v) is 3.01. The maximum absolute atomic E-state index is 11.7. The zero-order chi connectivity index (χ0) is 11.0. The number of hydrogen-bond donors (Lipinski definition) is 1. The zero-order valence-electron chi connectivity index (χ0n) is 9.35. The quantitative estimate of drug-likeness (QED) is 0.686. The second kappa shape index (κ2) is 3.54. The van der Waals surface area contributed by atoms with Crippen molar-refractivity contribution in [2.45, 2.75) is 20.8 Å². The summed E-state index contributed by atoms with van der Waals surface area (Å²) < 4.78 is 0. The third kappa shape index (κ3) is 1.56. The van der Waals surface area contributed by atoms with Gasteiger partial charge in [-0.2, -0.15) is 0 Å². The second-order valence-electron chi connectivity index (χ2n) is 3.98. The Morgan fingerprint density at radius 3 is 2.40 bits per heavy atom. The Hall–Kier alpha value is -1.57. The van der Waals surface area contributed by atoms with E-state index in [4.69, 9.17) is 0 Å². The average Bonchev–Trinajstić information content (AvgIpc) is 2.22. The van der Waals surface area contributed by atoms with Gasteiger partial charge in [0.2, 0.25) is 0 Å². The highest BCUT2D eigenvalue weighted by Gasteiger charge is 2.20. The molecule has 0 unspecified atom stereocenters. The number of fused-ring (bicyclic) bond motifs is 1. The lowest BCUT2D eigenvalue weighted by Gasteiger charge is -2.20. The summed E-state index contributed by atoms with van der Waals surface area (Å²) in [6.07, 6.45) is 2.06. The number of nitrogens with one attached hydrogen (secondary N) is 1. The number of benzene rings is 1. The molecule has 0 saturated carbocycles. The molecule has 0 radical (unpaired) electrons. The van der Waals surface area contributed by atoms with E-state index in [1.54, 1.807) is 0 Å². The van der Waals surface area contributed by atoms with Gasteiger partial charge in [0.15, 0.2) is 0 Å². The van der Waals surface area contributed by atoms with E-state index in [9.17, 15) is 4.79 Å². The highest BCUT2D eigenvalue weighted by atomic mass is 16.1. The summed E-state index contributed by atoms with van der Waals surface area (Å²) in [6.45, 7) is 6.76. The first-order valence-electron chi connectivity index (χ1n) is 5.18. The molecule has 0 atom stereocenters. The lowest BCUT2D eigenvalue weighted by atomic mass is 9.91. The van der Waals surface area contributed by atoms with Crippen LogP contribution in [0.25, 0.3) is 5.57 Å². The predicted molar refractivity (Wildman–Crippen MR) is 61.9 cm³/mol. The Morgan fingerprint density at radius 1 is 1.20 bits per heavy atom. The molecule has 1 aromatic carbocycles. The maximum atomic E-state index is 11.7. The number of rotatable bonds is 0. The van der Waals surface area contributed by atoms with Crippen molar-refractivity contribution in [1.82, 2.24) is 5.32 Å². The van der Waals surface area contributed by atoms with Crippen molar-refractivity contribution < 1.29 is 4.79 Å². The van der Waals surface area contributed by atoms with Gasteiger partial charge >= 0.3 is 0 Å². The summed E-state index contributed by atoms with van der Waals surface area (Å²) in [7, 11) is 0. The molecule has 0 spiro atoms. The summed E-state index contributed by atoms with van der Waals surface area (Å²) in [4.78, 5) is 11.7. The van der Waals surface area contributed by atoms with Gasteiger partial charge in [0.1, 0.15) is 0 Å². The highest BCUT2D eigenvalue weighted by Crippen LogP contribution is 2.25. The van der Waals surface area contributed by atoms with E-state index in [0.29, 0.717) is 6.54 Å². The van der Waals surface area contributed by atoms with Crippen LogP contribution >= 0.6 is 0 Å². The first-order chi connectivity index (χ1) is 7.13. The van der Waals surface area contributed by atoms with Crippen LogP contribution in [-0.2, 0) is 0 Å². The monoisotopic (exact) mass is 201 g/mol. The van der Waals surface area contributed by atoms with Crippen molar-refractivity contribution in [3.05, 3.63) is 40.5 Å². The Labute approximate surface area is 90.0 Å². The van der Waals surface area contributed by atoms with Gasteiger partial charge in [-0.15, -0.1) is 0 Å². The van der Waals surface area contributed by atoms with E-state index in [0.717, 1.165) is 11.1 Å². The number of carbonyl (C=O) groups is 1. The van der Waals surface area contributed by atoms with Gasteiger partial charge in [-0.3, -0.25) is 4.79 Å². The van der Waals surface area contributed by atoms with E-state index in [1.807, 2.05) is 19.9 Å². The largest absolute Gasteiger partial charge is 0.348 e. The van der Waals surface area contributed by atoms with Crippen LogP contribution < -0.4 is 5.32 Å². The normalized spacial score (nSPS) is 17.5. The SMILES string of the molecule is C/C=C1\CNC(=O)c2cc(C)c(C)cc21. The molecule has 2 heteroatoms. The molecule has 2 nitrogen and oxygen atoms in total. The van der Waals surface area contributed by atoms with E-state index in [-0.39, 0.29) is 5.91 Å². The van der Waals surface area contributed by atoms with Crippen molar-refractivity contribution in [2.75, 3.05) is 6.54 Å². The minimum Gasteiger partial charge on any atom is -0.348 e. The number of hydrogen-bond acceptors (Lipinski definition) is 1. The van der Waals surface area contributed by atoms with Gasteiger partial charge in [0.25, 0.3) is 5.91 Å². The summed E-state index contributed by atoms with van der Waals surface area (Å²) in [5.74, 6) is 0.0405.